The highest BCUT2D eigenvalue weighted by molar-refractivity contribution is 5.73. The first-order valence-corrected chi connectivity index (χ1v) is 9.06. The molecule has 12 nitrogen and oxygen atoms in total. The lowest BCUT2D eigenvalue weighted by atomic mass is 9.96. The van der Waals surface area contributed by atoms with Gasteiger partial charge in [-0.3, -0.25) is 4.79 Å². The van der Waals surface area contributed by atoms with Gasteiger partial charge in [-0.15, -0.1) is 5.10 Å². The zero-order chi connectivity index (χ0) is 21.8. The number of hydrogen-bond acceptors (Lipinski definition) is 9. The van der Waals surface area contributed by atoms with Crippen molar-refractivity contribution in [2.75, 3.05) is 13.2 Å². The summed E-state index contributed by atoms with van der Waals surface area (Å²) in [7, 11) is 0. The van der Waals surface area contributed by atoms with E-state index in [1.165, 1.54) is 17.8 Å². The second-order valence-electron chi connectivity index (χ2n) is 6.75. The number of ether oxygens (including phenoxy) is 2. The molecule has 1 fully saturated rings. The molecular weight excluding hydrogens is 400 g/mol. The van der Waals surface area contributed by atoms with Crippen LogP contribution in [0.4, 0.5) is 0 Å². The highest BCUT2D eigenvalue weighted by Gasteiger charge is 2.46. The Kier molecular flexibility index (Phi) is 6.62. The van der Waals surface area contributed by atoms with Crippen LogP contribution in [0.5, 0.6) is 5.75 Å². The Morgan fingerprint density at radius 3 is 2.73 bits per heavy atom. The first-order chi connectivity index (χ1) is 14.3. The zero-order valence-corrected chi connectivity index (χ0v) is 16.0. The van der Waals surface area contributed by atoms with Gasteiger partial charge in [0.1, 0.15) is 35.8 Å². The standard InChI is InChI=1S/C18H22N4O8/c1-9(24)19-15-17(28)16(27)13(7-23)30-18(15)22-6-12(20-21-22)10-3-2-4-11(5-10)29-8-14(25)26/h2-6,13,15-18,23,27-28H,7-8H2,1H3,(H,19,24)(H,25,26)/t13-,15-,16+,17-,18-/m1/s1. The van der Waals surface area contributed by atoms with Crippen molar-refractivity contribution in [3.63, 3.8) is 0 Å². The summed E-state index contributed by atoms with van der Waals surface area (Å²) in [5.41, 5.74) is 0.970. The molecule has 1 aromatic carbocycles. The number of rotatable bonds is 7. The lowest BCUT2D eigenvalue weighted by molar-refractivity contribution is -0.219. The minimum absolute atomic E-state index is 0.327. The Morgan fingerprint density at radius 1 is 1.30 bits per heavy atom. The number of carbonyl (C=O) groups is 2. The molecule has 1 amide bonds. The van der Waals surface area contributed by atoms with E-state index in [2.05, 4.69) is 15.6 Å². The Balaban J connectivity index is 1.86. The number of carboxylic acid groups (broad SMARTS) is 1. The van der Waals surface area contributed by atoms with Gasteiger partial charge in [0, 0.05) is 12.5 Å². The summed E-state index contributed by atoms with van der Waals surface area (Å²) in [4.78, 5) is 22.2. The number of aliphatic hydroxyl groups excluding tert-OH is 3. The number of aliphatic carboxylic acids is 1. The number of aromatic nitrogens is 3. The van der Waals surface area contributed by atoms with E-state index in [4.69, 9.17) is 14.6 Å². The number of nitrogens with one attached hydrogen (secondary N) is 1. The summed E-state index contributed by atoms with van der Waals surface area (Å²) in [5.74, 6) is -1.23. The molecule has 12 heteroatoms. The summed E-state index contributed by atoms with van der Waals surface area (Å²) in [6.45, 7) is 0.211. The van der Waals surface area contributed by atoms with Gasteiger partial charge < -0.3 is 35.2 Å². The highest BCUT2D eigenvalue weighted by Crippen LogP contribution is 2.29. The van der Waals surface area contributed by atoms with E-state index in [1.807, 2.05) is 0 Å². The van der Waals surface area contributed by atoms with Gasteiger partial charge in [-0.25, -0.2) is 9.48 Å². The molecule has 0 saturated carbocycles. The third kappa shape index (κ3) is 4.74. The van der Waals surface area contributed by atoms with Crippen LogP contribution in [0.25, 0.3) is 11.3 Å². The average molecular weight is 422 g/mol. The molecule has 1 aliphatic heterocycles. The summed E-state index contributed by atoms with van der Waals surface area (Å²) in [5, 5.41) is 49.2. The SMILES string of the molecule is CC(=O)N[C@@H]1[C@@H](O)[C@@H](O)[C@@H](CO)O[C@H]1n1cc(-c2cccc(OCC(=O)O)c2)nn1. The fourth-order valence-electron chi connectivity index (χ4n) is 3.14. The molecule has 0 bridgehead atoms. The summed E-state index contributed by atoms with van der Waals surface area (Å²) < 4.78 is 12.1. The van der Waals surface area contributed by atoms with Gasteiger partial charge in [0.15, 0.2) is 12.8 Å². The number of carboxylic acids is 1. The predicted octanol–water partition coefficient (Wildman–Crippen LogP) is -1.48. The largest absolute Gasteiger partial charge is 0.482 e. The van der Waals surface area contributed by atoms with Crippen molar-refractivity contribution in [2.45, 2.75) is 37.5 Å². The summed E-state index contributed by atoms with van der Waals surface area (Å²) >= 11 is 0. The van der Waals surface area contributed by atoms with Gasteiger partial charge in [0.25, 0.3) is 0 Å². The molecule has 30 heavy (non-hydrogen) atoms. The Morgan fingerprint density at radius 2 is 2.07 bits per heavy atom. The first-order valence-electron chi connectivity index (χ1n) is 9.06. The van der Waals surface area contributed by atoms with Crippen molar-refractivity contribution in [3.05, 3.63) is 30.5 Å². The number of amides is 1. The summed E-state index contributed by atoms with van der Waals surface area (Å²) in [6.07, 6.45) is -3.46. The third-order valence-electron chi connectivity index (χ3n) is 4.53. The Hall–Kier alpha value is -3.06. The molecule has 1 saturated heterocycles. The van der Waals surface area contributed by atoms with Gasteiger partial charge in [-0.05, 0) is 12.1 Å². The maximum Gasteiger partial charge on any atom is 0.341 e. The summed E-state index contributed by atoms with van der Waals surface area (Å²) in [6, 6.07) is 5.51. The maximum atomic E-state index is 11.6. The van der Waals surface area contributed by atoms with Gasteiger partial charge in [-0.2, -0.15) is 0 Å². The molecule has 162 valence electrons. The van der Waals surface area contributed by atoms with Crippen LogP contribution in [-0.2, 0) is 14.3 Å². The Labute approximate surface area is 170 Å². The van der Waals surface area contributed by atoms with E-state index < -0.39 is 55.7 Å². The van der Waals surface area contributed by atoms with Crippen molar-refractivity contribution < 1.29 is 39.5 Å². The molecule has 0 unspecified atom stereocenters. The minimum atomic E-state index is -1.41. The van der Waals surface area contributed by atoms with E-state index in [-0.39, 0.29) is 0 Å². The van der Waals surface area contributed by atoms with Crippen molar-refractivity contribution in [1.29, 1.82) is 0 Å². The number of hydrogen-bond donors (Lipinski definition) is 5. The fourth-order valence-corrected chi connectivity index (χ4v) is 3.14. The molecular formula is C18H22N4O8. The zero-order valence-electron chi connectivity index (χ0n) is 16.0. The van der Waals surface area contributed by atoms with Crippen LogP contribution >= 0.6 is 0 Å². The number of aliphatic hydroxyl groups is 3. The van der Waals surface area contributed by atoms with Crippen LogP contribution in [0.1, 0.15) is 13.2 Å². The third-order valence-corrected chi connectivity index (χ3v) is 4.53. The average Bonchev–Trinajstić information content (AvgIpc) is 3.20. The second kappa shape index (κ2) is 9.17. The second-order valence-corrected chi connectivity index (χ2v) is 6.75. The van der Waals surface area contributed by atoms with Crippen LogP contribution in [-0.4, -0.2) is 84.9 Å². The number of nitrogens with zero attached hydrogens (tertiary/aromatic N) is 3. The van der Waals surface area contributed by atoms with E-state index in [9.17, 15) is 24.9 Å². The number of benzene rings is 1. The smallest absolute Gasteiger partial charge is 0.341 e. The first kappa shape index (κ1) is 21.6. The quantitative estimate of drug-likeness (QED) is 0.354. The van der Waals surface area contributed by atoms with Gasteiger partial charge in [0.2, 0.25) is 5.91 Å². The van der Waals surface area contributed by atoms with Crippen molar-refractivity contribution in [2.24, 2.45) is 0 Å². The van der Waals surface area contributed by atoms with Crippen LogP contribution in [0, 0.1) is 0 Å². The normalized spacial score (nSPS) is 26.2. The van der Waals surface area contributed by atoms with E-state index in [0.717, 1.165) is 0 Å². The molecule has 1 aliphatic rings. The lowest BCUT2D eigenvalue weighted by Crippen LogP contribution is -2.62. The molecule has 0 spiro atoms. The van der Waals surface area contributed by atoms with E-state index in [0.29, 0.717) is 17.0 Å². The molecule has 0 aliphatic carbocycles. The van der Waals surface area contributed by atoms with Crippen LogP contribution in [0.3, 0.4) is 0 Å². The van der Waals surface area contributed by atoms with Gasteiger partial charge >= 0.3 is 5.97 Å². The number of carbonyl (C=O) groups excluding carboxylic acids is 1. The van der Waals surface area contributed by atoms with Gasteiger partial charge in [-0.1, -0.05) is 17.3 Å². The lowest BCUT2D eigenvalue weighted by Gasteiger charge is -2.42. The van der Waals surface area contributed by atoms with Crippen LogP contribution in [0.2, 0.25) is 0 Å². The minimum Gasteiger partial charge on any atom is -0.482 e. The molecule has 5 N–H and O–H groups in total. The van der Waals surface area contributed by atoms with Crippen molar-refractivity contribution >= 4 is 11.9 Å². The Bertz CT molecular complexity index is 904. The van der Waals surface area contributed by atoms with Crippen molar-refractivity contribution in [3.8, 4) is 17.0 Å². The molecule has 0 radical (unpaired) electrons. The molecule has 5 atom stereocenters. The maximum absolute atomic E-state index is 11.6. The molecule has 1 aromatic heterocycles. The van der Waals surface area contributed by atoms with Crippen LogP contribution in [0.15, 0.2) is 30.5 Å². The topological polar surface area (TPSA) is 176 Å². The van der Waals surface area contributed by atoms with Gasteiger partial charge in [0.05, 0.1) is 12.8 Å². The van der Waals surface area contributed by atoms with Crippen molar-refractivity contribution in [1.82, 2.24) is 20.3 Å². The molecule has 2 heterocycles. The predicted molar refractivity (Wildman–Crippen MR) is 99.2 cm³/mol. The van der Waals surface area contributed by atoms with Crippen LogP contribution < -0.4 is 10.1 Å². The molecule has 2 aromatic rings. The highest BCUT2D eigenvalue weighted by atomic mass is 16.5. The monoisotopic (exact) mass is 422 g/mol. The fraction of sp³-hybridized carbons (Fsp3) is 0.444. The van der Waals surface area contributed by atoms with E-state index in [1.54, 1.807) is 24.3 Å². The van der Waals surface area contributed by atoms with E-state index >= 15 is 0 Å². The molecule has 3 rings (SSSR count).